The molecule has 1 aromatic carbocycles. The average molecular weight is 265 g/mol. The van der Waals surface area contributed by atoms with E-state index in [9.17, 15) is 0 Å². The summed E-state index contributed by atoms with van der Waals surface area (Å²) in [7, 11) is 0. The molecule has 3 heteroatoms. The number of rotatable bonds is 1. The third kappa shape index (κ3) is 2.76. The van der Waals surface area contributed by atoms with Gasteiger partial charge in [0.25, 0.3) is 0 Å². The van der Waals surface area contributed by atoms with Crippen molar-refractivity contribution in [3.05, 3.63) is 33.4 Å². The van der Waals surface area contributed by atoms with Gasteiger partial charge in [-0.15, -0.1) is 0 Å². The largest absolute Gasteiger partial charge is 0.412 e. The van der Waals surface area contributed by atoms with Crippen LogP contribution < -0.4 is 5.73 Å². The van der Waals surface area contributed by atoms with Gasteiger partial charge in [0.15, 0.2) is 0 Å². The molecule has 0 amide bonds. The summed E-state index contributed by atoms with van der Waals surface area (Å²) in [5.41, 5.74) is 6.93. The van der Waals surface area contributed by atoms with Gasteiger partial charge in [-0.1, -0.05) is 18.2 Å². The van der Waals surface area contributed by atoms with E-state index in [4.69, 9.17) is 5.73 Å². The molecule has 2 nitrogen and oxygen atoms in total. The Labute approximate surface area is 80.2 Å². The third-order valence-corrected chi connectivity index (χ3v) is 2.38. The number of hydrogen-bond donors (Lipinski definition) is 1. The first-order valence-corrected chi connectivity index (χ1v) is 4.29. The molecule has 11 heavy (non-hydrogen) atoms. The highest BCUT2D eigenvalue weighted by Gasteiger charge is 2.01. The fourth-order valence-corrected chi connectivity index (χ4v) is 1.72. The second-order valence-electron chi connectivity index (χ2n) is 2.31. The zero-order valence-electron chi connectivity index (χ0n) is 6.34. The highest BCUT2D eigenvalue weighted by Crippen LogP contribution is 2.16. The topological polar surface area (TPSA) is 57.5 Å². The molecule has 1 atom stereocenters. The van der Waals surface area contributed by atoms with Crippen molar-refractivity contribution in [1.29, 1.82) is 0 Å². The fraction of sp³-hybridized carbons (Fsp3) is 0.250. The van der Waals surface area contributed by atoms with Crippen LogP contribution in [0.1, 0.15) is 18.5 Å². The highest BCUT2D eigenvalue weighted by molar-refractivity contribution is 14.1. The molecule has 0 spiro atoms. The molecule has 1 aromatic rings. The summed E-state index contributed by atoms with van der Waals surface area (Å²) in [6.07, 6.45) is 0. The van der Waals surface area contributed by atoms with Crippen LogP contribution in [0.5, 0.6) is 0 Å². The van der Waals surface area contributed by atoms with Gasteiger partial charge in [-0.25, -0.2) is 0 Å². The molecule has 0 bridgehead atoms. The van der Waals surface area contributed by atoms with E-state index in [2.05, 4.69) is 34.7 Å². The standard InChI is InChI=1S/C8H10IN.H2O/c1-6(10)7-4-2-3-5-8(7)9;/h2-6H,10H2,1H3;1H2. The summed E-state index contributed by atoms with van der Waals surface area (Å²) in [4.78, 5) is 0. The lowest BCUT2D eigenvalue weighted by molar-refractivity contribution is 0.813. The predicted octanol–water partition coefficient (Wildman–Crippen LogP) is 1.49. The van der Waals surface area contributed by atoms with Gasteiger partial charge in [0, 0.05) is 9.61 Å². The number of nitrogens with two attached hydrogens (primary N) is 1. The van der Waals surface area contributed by atoms with Crippen molar-refractivity contribution in [1.82, 2.24) is 0 Å². The van der Waals surface area contributed by atoms with Crippen LogP contribution in [0.15, 0.2) is 24.3 Å². The summed E-state index contributed by atoms with van der Waals surface area (Å²) < 4.78 is 1.25. The van der Waals surface area contributed by atoms with E-state index >= 15 is 0 Å². The molecule has 0 aliphatic heterocycles. The minimum absolute atomic E-state index is 0. The minimum atomic E-state index is 0. The van der Waals surface area contributed by atoms with Crippen molar-refractivity contribution >= 4 is 22.6 Å². The summed E-state index contributed by atoms with van der Waals surface area (Å²) in [6, 6.07) is 8.31. The van der Waals surface area contributed by atoms with Crippen LogP contribution in [0.3, 0.4) is 0 Å². The fourth-order valence-electron chi connectivity index (χ4n) is 0.844. The minimum Gasteiger partial charge on any atom is -0.412 e. The van der Waals surface area contributed by atoms with E-state index in [1.165, 1.54) is 9.13 Å². The van der Waals surface area contributed by atoms with Crippen molar-refractivity contribution in [2.24, 2.45) is 5.73 Å². The highest BCUT2D eigenvalue weighted by atomic mass is 127. The number of hydrogen-bond acceptors (Lipinski definition) is 1. The van der Waals surface area contributed by atoms with Gasteiger partial charge in [0.1, 0.15) is 0 Å². The molecular formula is C8H12INO. The van der Waals surface area contributed by atoms with Gasteiger partial charge < -0.3 is 11.2 Å². The van der Waals surface area contributed by atoms with Crippen molar-refractivity contribution in [3.8, 4) is 0 Å². The quantitative estimate of drug-likeness (QED) is 0.768. The SMILES string of the molecule is CC(N)c1ccccc1I.O. The lowest BCUT2D eigenvalue weighted by atomic mass is 10.1. The third-order valence-electron chi connectivity index (χ3n) is 1.40. The summed E-state index contributed by atoms with van der Waals surface area (Å²) in [5, 5.41) is 0. The molecule has 0 heterocycles. The van der Waals surface area contributed by atoms with Gasteiger partial charge in [-0.3, -0.25) is 0 Å². The van der Waals surface area contributed by atoms with Crippen LogP contribution in [0.2, 0.25) is 0 Å². The summed E-state index contributed by atoms with van der Waals surface area (Å²) in [6.45, 7) is 2.00. The summed E-state index contributed by atoms with van der Waals surface area (Å²) in [5.74, 6) is 0. The summed E-state index contributed by atoms with van der Waals surface area (Å²) >= 11 is 2.30. The first kappa shape index (κ1) is 10.9. The van der Waals surface area contributed by atoms with E-state index in [0.29, 0.717) is 0 Å². The van der Waals surface area contributed by atoms with E-state index in [1.54, 1.807) is 0 Å². The zero-order chi connectivity index (χ0) is 7.56. The Kier molecular flexibility index (Phi) is 4.63. The molecule has 1 unspecified atom stereocenters. The Hall–Kier alpha value is -0.130. The van der Waals surface area contributed by atoms with E-state index < -0.39 is 0 Å². The molecule has 0 aliphatic rings. The Balaban J connectivity index is 0.000001000. The van der Waals surface area contributed by atoms with Gasteiger partial charge in [-0.05, 0) is 41.1 Å². The number of benzene rings is 1. The van der Waals surface area contributed by atoms with Crippen molar-refractivity contribution in [2.75, 3.05) is 0 Å². The molecule has 4 N–H and O–H groups in total. The second kappa shape index (κ2) is 4.69. The van der Waals surface area contributed by atoms with Crippen LogP contribution in [0.25, 0.3) is 0 Å². The monoisotopic (exact) mass is 265 g/mol. The first-order chi connectivity index (χ1) is 4.72. The van der Waals surface area contributed by atoms with Crippen molar-refractivity contribution in [3.63, 3.8) is 0 Å². The van der Waals surface area contributed by atoms with Crippen LogP contribution in [0.4, 0.5) is 0 Å². The Morgan fingerprint density at radius 3 is 2.27 bits per heavy atom. The molecule has 0 saturated carbocycles. The van der Waals surface area contributed by atoms with Gasteiger partial charge in [0.05, 0.1) is 0 Å². The van der Waals surface area contributed by atoms with Gasteiger partial charge in [-0.2, -0.15) is 0 Å². The average Bonchev–Trinajstić information content (AvgIpc) is 1.88. The smallest absolute Gasteiger partial charge is 0.0276 e. The van der Waals surface area contributed by atoms with Crippen LogP contribution in [-0.2, 0) is 0 Å². The lowest BCUT2D eigenvalue weighted by Crippen LogP contribution is -2.06. The van der Waals surface area contributed by atoms with Crippen LogP contribution >= 0.6 is 22.6 Å². The van der Waals surface area contributed by atoms with E-state index in [-0.39, 0.29) is 11.5 Å². The van der Waals surface area contributed by atoms with Gasteiger partial charge >= 0.3 is 0 Å². The van der Waals surface area contributed by atoms with Crippen LogP contribution in [-0.4, -0.2) is 5.48 Å². The molecule has 0 fully saturated rings. The maximum Gasteiger partial charge on any atom is 0.0276 e. The zero-order valence-corrected chi connectivity index (χ0v) is 8.50. The maximum absolute atomic E-state index is 5.71. The molecular weight excluding hydrogens is 253 g/mol. The van der Waals surface area contributed by atoms with Crippen LogP contribution in [0, 0.1) is 3.57 Å². The second-order valence-corrected chi connectivity index (χ2v) is 3.47. The lowest BCUT2D eigenvalue weighted by Gasteiger charge is -2.06. The van der Waals surface area contributed by atoms with Crippen molar-refractivity contribution in [2.45, 2.75) is 13.0 Å². The molecule has 1 rings (SSSR count). The Morgan fingerprint density at radius 2 is 1.91 bits per heavy atom. The molecule has 0 saturated heterocycles. The first-order valence-electron chi connectivity index (χ1n) is 3.22. The molecule has 62 valence electrons. The predicted molar refractivity (Wildman–Crippen MR) is 55.4 cm³/mol. The van der Waals surface area contributed by atoms with Gasteiger partial charge in [0.2, 0.25) is 0 Å². The normalized spacial score (nSPS) is 11.9. The van der Waals surface area contributed by atoms with E-state index in [1.807, 2.05) is 19.1 Å². The Bertz CT molecular complexity index is 225. The Morgan fingerprint density at radius 1 is 1.36 bits per heavy atom. The molecule has 0 radical (unpaired) electrons. The maximum atomic E-state index is 5.71. The molecule has 0 aliphatic carbocycles. The van der Waals surface area contributed by atoms with E-state index in [0.717, 1.165) is 0 Å². The number of halogens is 1. The molecule has 0 aromatic heterocycles. The van der Waals surface area contributed by atoms with Crippen molar-refractivity contribution < 1.29 is 5.48 Å².